The van der Waals surface area contributed by atoms with Crippen LogP contribution in [0.5, 0.6) is 0 Å². The normalized spacial score (nSPS) is 32.8. The van der Waals surface area contributed by atoms with Crippen LogP contribution in [0.25, 0.3) is 0 Å². The number of nitrogens with two attached hydrogens (primary N) is 1. The molecular weight excluding hydrogens is 314 g/mol. The number of likely N-dealkylation sites (N-methyl/N-ethyl adjacent to an activating group) is 1. The summed E-state index contributed by atoms with van der Waals surface area (Å²) in [7, 11) is 2.09. The Morgan fingerprint density at radius 2 is 1.68 bits per heavy atom. The third kappa shape index (κ3) is 3.06. The van der Waals surface area contributed by atoms with E-state index in [1.54, 1.807) is 24.3 Å². The SMILES string of the molecule is CN(CC(=O)Nc1ccccc1C(N)=O)C12CC3CC(CC(C3)C1)C2. The molecule has 0 radical (unpaired) electrons. The van der Waals surface area contributed by atoms with Crippen LogP contribution in [0.3, 0.4) is 0 Å². The van der Waals surface area contributed by atoms with Crippen molar-refractivity contribution in [2.75, 3.05) is 18.9 Å². The minimum atomic E-state index is -0.523. The predicted octanol–water partition coefficient (Wildman–Crippen LogP) is 2.62. The fourth-order valence-electron chi connectivity index (χ4n) is 5.91. The number of nitrogens with zero attached hydrogens (tertiary/aromatic N) is 1. The Hall–Kier alpha value is -1.88. The van der Waals surface area contributed by atoms with Gasteiger partial charge in [-0.15, -0.1) is 0 Å². The minimum Gasteiger partial charge on any atom is -0.366 e. The summed E-state index contributed by atoms with van der Waals surface area (Å²) in [6.07, 6.45) is 7.89. The highest BCUT2D eigenvalue weighted by molar-refractivity contribution is 6.03. The summed E-state index contributed by atoms with van der Waals surface area (Å²) in [5.41, 5.74) is 6.45. The van der Waals surface area contributed by atoms with E-state index in [1.807, 2.05) is 0 Å². The number of amides is 2. The van der Waals surface area contributed by atoms with Crippen LogP contribution >= 0.6 is 0 Å². The van der Waals surface area contributed by atoms with Crippen LogP contribution in [0.1, 0.15) is 48.9 Å². The number of hydrogen-bond acceptors (Lipinski definition) is 3. The second-order valence-electron chi connectivity index (χ2n) is 8.46. The molecular formula is C20H27N3O2. The van der Waals surface area contributed by atoms with E-state index in [2.05, 4.69) is 17.3 Å². The highest BCUT2D eigenvalue weighted by Gasteiger charge is 2.52. The van der Waals surface area contributed by atoms with Crippen LogP contribution in [-0.2, 0) is 4.79 Å². The molecule has 5 rings (SSSR count). The first-order chi connectivity index (χ1) is 11.9. The van der Waals surface area contributed by atoms with Crippen LogP contribution in [0.2, 0.25) is 0 Å². The van der Waals surface area contributed by atoms with Gasteiger partial charge in [0.15, 0.2) is 0 Å². The van der Waals surface area contributed by atoms with Crippen molar-refractivity contribution in [3.63, 3.8) is 0 Å². The molecule has 4 bridgehead atoms. The van der Waals surface area contributed by atoms with Crippen LogP contribution < -0.4 is 11.1 Å². The average Bonchev–Trinajstić information content (AvgIpc) is 2.53. The smallest absolute Gasteiger partial charge is 0.250 e. The molecule has 0 heterocycles. The summed E-state index contributed by atoms with van der Waals surface area (Å²) in [5, 5.41) is 2.87. The monoisotopic (exact) mass is 341 g/mol. The van der Waals surface area contributed by atoms with Crippen molar-refractivity contribution in [3.8, 4) is 0 Å². The molecule has 1 aromatic carbocycles. The van der Waals surface area contributed by atoms with E-state index in [-0.39, 0.29) is 11.4 Å². The lowest BCUT2D eigenvalue weighted by atomic mass is 9.52. The molecule has 5 nitrogen and oxygen atoms in total. The maximum absolute atomic E-state index is 12.6. The maximum atomic E-state index is 12.6. The zero-order valence-electron chi connectivity index (χ0n) is 14.8. The van der Waals surface area contributed by atoms with E-state index in [1.165, 1.54) is 38.5 Å². The number of rotatable bonds is 5. The summed E-state index contributed by atoms with van der Waals surface area (Å²) in [5.74, 6) is 1.96. The molecule has 0 aromatic heterocycles. The minimum absolute atomic E-state index is 0.0769. The van der Waals surface area contributed by atoms with E-state index < -0.39 is 5.91 Å². The van der Waals surface area contributed by atoms with Crippen molar-refractivity contribution < 1.29 is 9.59 Å². The second-order valence-corrected chi connectivity index (χ2v) is 8.46. The van der Waals surface area contributed by atoms with Gasteiger partial charge in [0.25, 0.3) is 5.91 Å². The van der Waals surface area contributed by atoms with Crippen molar-refractivity contribution in [2.45, 2.75) is 44.1 Å². The number of benzene rings is 1. The third-order valence-electron chi connectivity index (χ3n) is 6.66. The summed E-state index contributed by atoms with van der Waals surface area (Å²) < 4.78 is 0. The number of primary amides is 1. The lowest BCUT2D eigenvalue weighted by Gasteiger charge is -2.59. The third-order valence-corrected chi connectivity index (χ3v) is 6.66. The van der Waals surface area contributed by atoms with Gasteiger partial charge in [-0.25, -0.2) is 0 Å². The molecule has 4 aliphatic carbocycles. The summed E-state index contributed by atoms with van der Waals surface area (Å²) in [4.78, 5) is 26.4. The van der Waals surface area contributed by atoms with Crippen LogP contribution in [0.15, 0.2) is 24.3 Å². The van der Waals surface area contributed by atoms with Gasteiger partial charge in [-0.2, -0.15) is 0 Å². The largest absolute Gasteiger partial charge is 0.366 e. The Kier molecular flexibility index (Phi) is 4.07. The molecule has 4 saturated carbocycles. The zero-order chi connectivity index (χ0) is 17.6. The van der Waals surface area contributed by atoms with E-state index in [9.17, 15) is 9.59 Å². The van der Waals surface area contributed by atoms with E-state index >= 15 is 0 Å². The van der Waals surface area contributed by atoms with Gasteiger partial charge in [-0.3, -0.25) is 14.5 Å². The Labute approximate surface area is 148 Å². The van der Waals surface area contributed by atoms with Gasteiger partial charge in [0.2, 0.25) is 5.91 Å². The number of anilines is 1. The van der Waals surface area contributed by atoms with E-state index in [0.29, 0.717) is 17.8 Å². The molecule has 0 aliphatic heterocycles. The number of nitrogens with one attached hydrogen (secondary N) is 1. The second kappa shape index (κ2) is 6.13. The van der Waals surface area contributed by atoms with Crippen molar-refractivity contribution in [2.24, 2.45) is 23.5 Å². The number of para-hydroxylation sites is 1. The Morgan fingerprint density at radius 3 is 2.24 bits per heavy atom. The lowest BCUT2D eigenvalue weighted by Crippen LogP contribution is -2.60. The molecule has 0 spiro atoms. The standard InChI is InChI=1S/C20H27N3O2/c1-23(20-9-13-6-14(10-20)8-15(7-13)11-20)12-18(24)22-17-5-3-2-4-16(17)19(21)25/h2-5,13-15H,6-12H2,1H3,(H2,21,25)(H,22,24). The highest BCUT2D eigenvalue weighted by Crippen LogP contribution is 2.57. The van der Waals surface area contributed by atoms with Gasteiger partial charge in [-0.05, 0) is 75.5 Å². The first kappa shape index (κ1) is 16.6. The predicted molar refractivity (Wildman–Crippen MR) is 97.1 cm³/mol. The van der Waals surface area contributed by atoms with Crippen LogP contribution in [0, 0.1) is 17.8 Å². The zero-order valence-corrected chi connectivity index (χ0v) is 14.8. The van der Waals surface area contributed by atoms with Crippen LogP contribution in [0.4, 0.5) is 5.69 Å². The first-order valence-electron chi connectivity index (χ1n) is 9.35. The summed E-state index contributed by atoms with van der Waals surface area (Å²) in [6, 6.07) is 6.91. The fourth-order valence-corrected chi connectivity index (χ4v) is 5.91. The highest BCUT2D eigenvalue weighted by atomic mass is 16.2. The van der Waals surface area contributed by atoms with Crippen LogP contribution in [-0.4, -0.2) is 35.8 Å². The summed E-state index contributed by atoms with van der Waals surface area (Å²) in [6.45, 7) is 0.360. The van der Waals surface area contributed by atoms with Crippen molar-refractivity contribution >= 4 is 17.5 Å². The van der Waals surface area contributed by atoms with Gasteiger partial charge in [0, 0.05) is 5.54 Å². The molecule has 5 heteroatoms. The molecule has 4 fully saturated rings. The number of hydrogen-bond donors (Lipinski definition) is 2. The van der Waals surface area contributed by atoms with Gasteiger partial charge in [0.05, 0.1) is 17.8 Å². The Bertz CT molecular complexity index is 665. The summed E-state index contributed by atoms with van der Waals surface area (Å²) >= 11 is 0. The fraction of sp³-hybridized carbons (Fsp3) is 0.600. The molecule has 0 saturated heterocycles. The first-order valence-corrected chi connectivity index (χ1v) is 9.35. The van der Waals surface area contributed by atoms with Crippen molar-refractivity contribution in [1.29, 1.82) is 0 Å². The van der Waals surface area contributed by atoms with E-state index in [0.717, 1.165) is 17.8 Å². The molecule has 2 amide bonds. The van der Waals surface area contributed by atoms with E-state index in [4.69, 9.17) is 5.73 Å². The maximum Gasteiger partial charge on any atom is 0.250 e. The average molecular weight is 341 g/mol. The Morgan fingerprint density at radius 1 is 1.12 bits per heavy atom. The molecule has 3 N–H and O–H groups in total. The quantitative estimate of drug-likeness (QED) is 0.864. The van der Waals surface area contributed by atoms with Crippen molar-refractivity contribution in [1.82, 2.24) is 4.90 Å². The van der Waals surface area contributed by atoms with Gasteiger partial charge in [-0.1, -0.05) is 12.1 Å². The molecule has 25 heavy (non-hydrogen) atoms. The van der Waals surface area contributed by atoms with Gasteiger partial charge in [0.1, 0.15) is 0 Å². The molecule has 0 unspecified atom stereocenters. The number of carbonyl (C=O) groups excluding carboxylic acids is 2. The van der Waals surface area contributed by atoms with Gasteiger partial charge < -0.3 is 11.1 Å². The Balaban J connectivity index is 1.44. The lowest BCUT2D eigenvalue weighted by molar-refractivity contribution is -0.123. The van der Waals surface area contributed by atoms with Crippen molar-refractivity contribution in [3.05, 3.63) is 29.8 Å². The number of carbonyl (C=O) groups is 2. The van der Waals surface area contributed by atoms with Gasteiger partial charge >= 0.3 is 0 Å². The topological polar surface area (TPSA) is 75.4 Å². The molecule has 0 atom stereocenters. The molecule has 134 valence electrons. The molecule has 1 aromatic rings. The molecule has 4 aliphatic rings.